The molecule has 4 rings (SSSR count). The van der Waals surface area contributed by atoms with Crippen molar-refractivity contribution < 1.29 is 17.9 Å². The van der Waals surface area contributed by atoms with Crippen molar-refractivity contribution in [1.82, 2.24) is 4.98 Å². The smallest absolute Gasteiger partial charge is 0.249 e. The van der Waals surface area contributed by atoms with E-state index in [1.165, 1.54) is 42.5 Å². The molecule has 8 heteroatoms. The third-order valence-corrected chi connectivity index (χ3v) is 7.79. The van der Waals surface area contributed by atoms with Crippen LogP contribution in [0.25, 0.3) is 6.08 Å². The van der Waals surface area contributed by atoms with Crippen molar-refractivity contribution in [2.45, 2.75) is 38.5 Å². The average Bonchev–Trinajstić information content (AvgIpc) is 3.17. The summed E-state index contributed by atoms with van der Waals surface area (Å²) in [7, 11) is -3.20. The number of carbonyl (C=O) groups excluding carboxylic acids is 1. The van der Waals surface area contributed by atoms with Crippen LogP contribution in [-0.4, -0.2) is 38.2 Å². The molecule has 1 aromatic heterocycles. The molecule has 1 aliphatic carbocycles. The van der Waals surface area contributed by atoms with E-state index in [0.717, 1.165) is 5.56 Å². The number of sulfonamides is 1. The summed E-state index contributed by atoms with van der Waals surface area (Å²) >= 11 is 0. The van der Waals surface area contributed by atoms with E-state index in [1.54, 1.807) is 42.6 Å². The number of hydrogen-bond donors (Lipinski definition) is 1. The lowest BCUT2D eigenvalue weighted by molar-refractivity contribution is -0.111. The summed E-state index contributed by atoms with van der Waals surface area (Å²) in [5.41, 5.74) is 1.45. The van der Waals surface area contributed by atoms with Gasteiger partial charge < -0.3 is 10.1 Å². The second-order valence-electron chi connectivity index (χ2n) is 8.32. The number of amides is 1. The van der Waals surface area contributed by atoms with E-state index in [1.807, 2.05) is 6.07 Å². The number of nitrogens with zero attached hydrogens (tertiary/aromatic N) is 2. The molecule has 1 saturated heterocycles. The van der Waals surface area contributed by atoms with Gasteiger partial charge in [0.25, 0.3) is 0 Å². The minimum atomic E-state index is -3.20. The van der Waals surface area contributed by atoms with Gasteiger partial charge in [0, 0.05) is 18.8 Å². The number of aromatic nitrogens is 1. The topological polar surface area (TPSA) is 88.6 Å². The average molecular weight is 456 g/mol. The molecular weight excluding hydrogens is 426 g/mol. The van der Waals surface area contributed by atoms with Crippen molar-refractivity contribution in [1.29, 1.82) is 0 Å². The first kappa shape index (κ1) is 22.3. The highest BCUT2D eigenvalue weighted by Crippen LogP contribution is 2.27. The summed E-state index contributed by atoms with van der Waals surface area (Å²) in [5, 5.41) is 2.79. The fourth-order valence-corrected chi connectivity index (χ4v) is 5.74. The lowest BCUT2D eigenvalue weighted by Gasteiger charge is -2.22. The highest BCUT2D eigenvalue weighted by atomic mass is 32.2. The lowest BCUT2D eigenvalue weighted by atomic mass is 9.90. The minimum Gasteiger partial charge on any atom is -0.489 e. The summed E-state index contributed by atoms with van der Waals surface area (Å²) < 4.78 is 31.5. The molecule has 0 unspecified atom stereocenters. The van der Waals surface area contributed by atoms with Crippen molar-refractivity contribution in [3.8, 4) is 5.75 Å². The zero-order chi connectivity index (χ0) is 22.4. The lowest BCUT2D eigenvalue weighted by Crippen LogP contribution is -2.24. The molecule has 0 atom stereocenters. The Labute approximate surface area is 189 Å². The minimum absolute atomic E-state index is 0.189. The molecule has 7 nitrogen and oxygen atoms in total. The van der Waals surface area contributed by atoms with Crippen molar-refractivity contribution in [2.75, 3.05) is 28.5 Å². The second kappa shape index (κ2) is 10.2. The normalized spacial score (nSPS) is 18.7. The zero-order valence-corrected chi connectivity index (χ0v) is 18.9. The van der Waals surface area contributed by atoms with E-state index in [9.17, 15) is 13.2 Å². The predicted molar refractivity (Wildman–Crippen MR) is 126 cm³/mol. The largest absolute Gasteiger partial charge is 0.489 e. The first-order valence-electron chi connectivity index (χ1n) is 11.2. The van der Waals surface area contributed by atoms with Crippen LogP contribution in [0.3, 0.4) is 0 Å². The number of rotatable bonds is 7. The van der Waals surface area contributed by atoms with Gasteiger partial charge in [-0.1, -0.05) is 31.4 Å². The van der Waals surface area contributed by atoms with Crippen LogP contribution in [0, 0.1) is 5.92 Å². The van der Waals surface area contributed by atoms with Crippen molar-refractivity contribution in [3.05, 3.63) is 54.2 Å². The standard InChI is InChI=1S/C24H29N3O4S/c28-23(14-11-19-9-12-21(13-10-19)27-16-5-17-32(27,29)30)26-24-22(8-4-15-25-24)31-18-20-6-2-1-3-7-20/h4,8-15,20H,1-3,5-7,16-18H2,(H,25,26,28)/b14-11+. The Morgan fingerprint density at radius 1 is 1.12 bits per heavy atom. The molecule has 170 valence electrons. The molecular formula is C24H29N3O4S. The Bertz CT molecular complexity index is 1060. The number of carbonyl (C=O) groups is 1. The number of nitrogens with one attached hydrogen (secondary N) is 1. The first-order valence-corrected chi connectivity index (χ1v) is 12.8. The van der Waals surface area contributed by atoms with Crippen molar-refractivity contribution in [3.63, 3.8) is 0 Å². The quantitative estimate of drug-likeness (QED) is 0.631. The van der Waals surface area contributed by atoms with Crippen molar-refractivity contribution in [2.24, 2.45) is 5.92 Å². The summed E-state index contributed by atoms with van der Waals surface area (Å²) in [4.78, 5) is 16.7. The fraction of sp³-hybridized carbons (Fsp3) is 0.417. The maximum absolute atomic E-state index is 12.4. The van der Waals surface area contributed by atoms with Gasteiger partial charge >= 0.3 is 0 Å². The molecule has 1 saturated carbocycles. The Morgan fingerprint density at radius 3 is 2.62 bits per heavy atom. The van der Waals surface area contributed by atoms with Gasteiger partial charge in [0.05, 0.1) is 18.0 Å². The number of anilines is 2. The van der Waals surface area contributed by atoms with Gasteiger partial charge in [0.2, 0.25) is 15.9 Å². The third-order valence-electron chi connectivity index (χ3n) is 5.92. The van der Waals surface area contributed by atoms with Gasteiger partial charge in [0.15, 0.2) is 11.6 Å². The summed E-state index contributed by atoms with van der Waals surface area (Å²) in [5.74, 6) is 1.43. The summed E-state index contributed by atoms with van der Waals surface area (Å²) in [6, 6.07) is 10.7. The Hall–Kier alpha value is -2.87. The van der Waals surface area contributed by atoms with Crippen molar-refractivity contribution >= 4 is 33.5 Å². The highest BCUT2D eigenvalue weighted by Gasteiger charge is 2.28. The Morgan fingerprint density at radius 2 is 1.91 bits per heavy atom. The molecule has 0 bridgehead atoms. The van der Waals surface area contributed by atoms with Gasteiger partial charge in [-0.25, -0.2) is 13.4 Å². The van der Waals surface area contributed by atoms with E-state index >= 15 is 0 Å². The molecule has 0 spiro atoms. The van der Waals surface area contributed by atoms with Gasteiger partial charge in [-0.3, -0.25) is 9.10 Å². The molecule has 1 aromatic carbocycles. The third kappa shape index (κ3) is 5.68. The molecule has 1 aliphatic heterocycles. The highest BCUT2D eigenvalue weighted by molar-refractivity contribution is 7.93. The van der Waals surface area contributed by atoms with Crippen LogP contribution >= 0.6 is 0 Å². The molecule has 32 heavy (non-hydrogen) atoms. The molecule has 0 radical (unpaired) electrons. The summed E-state index contributed by atoms with van der Waals surface area (Å²) in [6.07, 6.45) is 11.6. The van der Waals surface area contributed by atoms with E-state index in [0.29, 0.717) is 42.7 Å². The first-order chi connectivity index (χ1) is 15.5. The molecule has 1 N–H and O–H groups in total. The van der Waals surface area contributed by atoms with E-state index in [4.69, 9.17) is 4.74 Å². The van der Waals surface area contributed by atoms with Gasteiger partial charge in [0.1, 0.15) is 0 Å². The molecule has 2 aliphatic rings. The van der Waals surface area contributed by atoms with E-state index in [2.05, 4.69) is 10.3 Å². The maximum atomic E-state index is 12.4. The second-order valence-corrected chi connectivity index (χ2v) is 10.3. The molecule has 2 fully saturated rings. The monoisotopic (exact) mass is 455 g/mol. The zero-order valence-electron chi connectivity index (χ0n) is 18.1. The number of pyridine rings is 1. The van der Waals surface area contributed by atoms with Crippen LogP contribution in [0.1, 0.15) is 44.1 Å². The van der Waals surface area contributed by atoms with E-state index in [-0.39, 0.29) is 11.7 Å². The van der Waals surface area contributed by atoms with Crippen LogP contribution in [0.4, 0.5) is 11.5 Å². The van der Waals surface area contributed by atoms with Crippen LogP contribution < -0.4 is 14.4 Å². The van der Waals surface area contributed by atoms with Crippen LogP contribution in [-0.2, 0) is 14.8 Å². The molecule has 2 aromatic rings. The van der Waals surface area contributed by atoms with Crippen LogP contribution in [0.2, 0.25) is 0 Å². The summed E-state index contributed by atoms with van der Waals surface area (Å²) in [6.45, 7) is 1.15. The van der Waals surface area contributed by atoms with Crippen LogP contribution in [0.5, 0.6) is 5.75 Å². The maximum Gasteiger partial charge on any atom is 0.249 e. The SMILES string of the molecule is O=C(/C=C/c1ccc(N2CCCS2(=O)=O)cc1)Nc1ncccc1OCC1CCCCC1. The Kier molecular flexibility index (Phi) is 7.09. The fourth-order valence-electron chi connectivity index (χ4n) is 4.17. The van der Waals surface area contributed by atoms with Gasteiger partial charge in [-0.15, -0.1) is 0 Å². The number of ether oxygens (including phenoxy) is 1. The number of benzene rings is 1. The van der Waals surface area contributed by atoms with Crippen LogP contribution in [0.15, 0.2) is 48.7 Å². The predicted octanol–water partition coefficient (Wildman–Crippen LogP) is 4.23. The van der Waals surface area contributed by atoms with Gasteiger partial charge in [-0.05, 0) is 61.1 Å². The molecule has 2 heterocycles. The Balaban J connectivity index is 1.34. The number of hydrogen-bond acceptors (Lipinski definition) is 5. The molecule has 1 amide bonds. The van der Waals surface area contributed by atoms with E-state index < -0.39 is 10.0 Å². The van der Waals surface area contributed by atoms with Gasteiger partial charge in [-0.2, -0.15) is 0 Å².